The highest BCUT2D eigenvalue weighted by Crippen LogP contribution is 2.29. The summed E-state index contributed by atoms with van der Waals surface area (Å²) in [6.07, 6.45) is 3.70. The van der Waals surface area contributed by atoms with Crippen molar-refractivity contribution in [2.24, 2.45) is 5.92 Å². The van der Waals surface area contributed by atoms with Crippen LogP contribution in [0.3, 0.4) is 0 Å². The van der Waals surface area contributed by atoms with E-state index in [1.807, 2.05) is 25.3 Å². The highest BCUT2D eigenvalue weighted by molar-refractivity contribution is 6.09. The summed E-state index contributed by atoms with van der Waals surface area (Å²) in [5.74, 6) is 1.20. The van der Waals surface area contributed by atoms with E-state index in [-0.39, 0.29) is 11.7 Å². The summed E-state index contributed by atoms with van der Waals surface area (Å²) in [5, 5.41) is 4.28. The minimum atomic E-state index is 0.141. The molecule has 0 radical (unpaired) electrons. The van der Waals surface area contributed by atoms with Gasteiger partial charge < -0.3 is 15.0 Å². The van der Waals surface area contributed by atoms with Crippen LogP contribution in [-0.4, -0.2) is 31.0 Å². The molecule has 0 atom stereocenters. The van der Waals surface area contributed by atoms with E-state index < -0.39 is 0 Å². The van der Waals surface area contributed by atoms with Gasteiger partial charge in [0.1, 0.15) is 5.75 Å². The lowest BCUT2D eigenvalue weighted by Gasteiger charge is -2.21. The Labute approximate surface area is 118 Å². The summed E-state index contributed by atoms with van der Waals surface area (Å²) in [7, 11) is 1.65. The maximum atomic E-state index is 12.7. The molecule has 1 aromatic heterocycles. The molecule has 2 aromatic rings. The average Bonchev–Trinajstić information content (AvgIpc) is 2.91. The summed E-state index contributed by atoms with van der Waals surface area (Å²) >= 11 is 0. The Morgan fingerprint density at radius 3 is 2.75 bits per heavy atom. The van der Waals surface area contributed by atoms with Gasteiger partial charge in [-0.1, -0.05) is 0 Å². The quantitative estimate of drug-likeness (QED) is 0.845. The third-order valence-corrected chi connectivity index (χ3v) is 4.17. The molecule has 0 aliphatic carbocycles. The fraction of sp³-hybridized carbons (Fsp3) is 0.438. The fourth-order valence-electron chi connectivity index (χ4n) is 3.01. The van der Waals surface area contributed by atoms with E-state index in [0.29, 0.717) is 0 Å². The van der Waals surface area contributed by atoms with Gasteiger partial charge in [0.05, 0.1) is 7.11 Å². The van der Waals surface area contributed by atoms with Gasteiger partial charge in [0.25, 0.3) is 0 Å². The molecule has 2 N–H and O–H groups in total. The van der Waals surface area contributed by atoms with Crippen LogP contribution < -0.4 is 10.1 Å². The van der Waals surface area contributed by atoms with Crippen molar-refractivity contribution in [3.8, 4) is 5.75 Å². The Kier molecular flexibility index (Phi) is 3.49. The lowest BCUT2D eigenvalue weighted by atomic mass is 9.89. The Hall–Kier alpha value is -1.81. The second-order valence-electron chi connectivity index (χ2n) is 5.46. The van der Waals surface area contributed by atoms with E-state index in [4.69, 9.17) is 4.74 Å². The number of aromatic nitrogens is 1. The largest absolute Gasteiger partial charge is 0.497 e. The van der Waals surface area contributed by atoms with Crippen molar-refractivity contribution in [3.05, 3.63) is 29.5 Å². The van der Waals surface area contributed by atoms with E-state index in [1.54, 1.807) is 7.11 Å². The van der Waals surface area contributed by atoms with Gasteiger partial charge in [0.15, 0.2) is 5.78 Å². The van der Waals surface area contributed by atoms with Gasteiger partial charge in [-0.3, -0.25) is 4.79 Å². The number of nitrogens with one attached hydrogen (secondary N) is 2. The first kappa shape index (κ1) is 13.2. The van der Waals surface area contributed by atoms with Gasteiger partial charge >= 0.3 is 0 Å². The minimum Gasteiger partial charge on any atom is -0.497 e. The molecule has 1 aliphatic heterocycles. The van der Waals surface area contributed by atoms with Gasteiger partial charge in [0.2, 0.25) is 0 Å². The first-order valence-electron chi connectivity index (χ1n) is 7.11. The highest BCUT2D eigenvalue weighted by Gasteiger charge is 2.24. The Balaban J connectivity index is 2.02. The average molecular weight is 272 g/mol. The second-order valence-corrected chi connectivity index (χ2v) is 5.46. The number of piperidine rings is 1. The monoisotopic (exact) mass is 272 g/mol. The number of carbonyl (C=O) groups is 1. The Bertz CT molecular complexity index is 639. The van der Waals surface area contributed by atoms with Crippen molar-refractivity contribution in [2.75, 3.05) is 20.2 Å². The van der Waals surface area contributed by atoms with Crippen LogP contribution in [0.2, 0.25) is 0 Å². The molecule has 0 bridgehead atoms. The Morgan fingerprint density at radius 1 is 1.30 bits per heavy atom. The van der Waals surface area contributed by atoms with Crippen LogP contribution in [0.5, 0.6) is 5.75 Å². The van der Waals surface area contributed by atoms with Gasteiger partial charge in [-0.25, -0.2) is 0 Å². The van der Waals surface area contributed by atoms with Crippen molar-refractivity contribution < 1.29 is 9.53 Å². The molecule has 0 unspecified atom stereocenters. The third-order valence-electron chi connectivity index (χ3n) is 4.17. The molecule has 0 spiro atoms. The number of fused-ring (bicyclic) bond motifs is 1. The summed E-state index contributed by atoms with van der Waals surface area (Å²) in [5.41, 5.74) is 2.93. The smallest absolute Gasteiger partial charge is 0.168 e. The summed E-state index contributed by atoms with van der Waals surface area (Å²) in [6, 6.07) is 3.94. The summed E-state index contributed by atoms with van der Waals surface area (Å²) in [6.45, 7) is 3.89. The SMILES string of the molecule is COc1cc(C)c2[nH]cc(C(=O)C3CCNCC3)c2c1. The van der Waals surface area contributed by atoms with Gasteiger partial charge in [-0.2, -0.15) is 0 Å². The van der Waals surface area contributed by atoms with Crippen LogP contribution in [0.15, 0.2) is 18.3 Å². The number of carbonyl (C=O) groups excluding carboxylic acids is 1. The van der Waals surface area contributed by atoms with Gasteiger partial charge in [-0.15, -0.1) is 0 Å². The number of H-pyrrole nitrogens is 1. The summed E-state index contributed by atoms with van der Waals surface area (Å²) in [4.78, 5) is 15.9. The van der Waals surface area contributed by atoms with Crippen LogP contribution in [0.1, 0.15) is 28.8 Å². The lowest BCUT2D eigenvalue weighted by Crippen LogP contribution is -2.31. The molecule has 0 amide bonds. The van der Waals surface area contributed by atoms with E-state index >= 15 is 0 Å². The molecule has 106 valence electrons. The number of hydrogen-bond donors (Lipinski definition) is 2. The van der Waals surface area contributed by atoms with Crippen molar-refractivity contribution in [3.63, 3.8) is 0 Å². The lowest BCUT2D eigenvalue weighted by molar-refractivity contribution is 0.0897. The van der Waals surface area contributed by atoms with Crippen molar-refractivity contribution in [1.82, 2.24) is 10.3 Å². The highest BCUT2D eigenvalue weighted by atomic mass is 16.5. The van der Waals surface area contributed by atoms with Crippen LogP contribution in [0, 0.1) is 12.8 Å². The van der Waals surface area contributed by atoms with E-state index in [9.17, 15) is 4.79 Å². The van der Waals surface area contributed by atoms with Crippen LogP contribution in [0.4, 0.5) is 0 Å². The number of ketones is 1. The molecule has 4 nitrogen and oxygen atoms in total. The maximum absolute atomic E-state index is 12.7. The van der Waals surface area contributed by atoms with Crippen LogP contribution in [0.25, 0.3) is 10.9 Å². The van der Waals surface area contributed by atoms with Crippen LogP contribution in [-0.2, 0) is 0 Å². The molecule has 4 heteroatoms. The fourth-order valence-corrected chi connectivity index (χ4v) is 3.01. The molecule has 1 saturated heterocycles. The molecular formula is C16H20N2O2. The summed E-state index contributed by atoms with van der Waals surface area (Å²) < 4.78 is 5.32. The molecule has 1 fully saturated rings. The maximum Gasteiger partial charge on any atom is 0.168 e. The second kappa shape index (κ2) is 5.29. The van der Waals surface area contributed by atoms with E-state index in [1.165, 1.54) is 0 Å². The first-order chi connectivity index (χ1) is 9.70. The zero-order chi connectivity index (χ0) is 14.1. The normalized spacial score (nSPS) is 16.5. The zero-order valence-corrected chi connectivity index (χ0v) is 12.0. The predicted octanol–water partition coefficient (Wildman–Crippen LogP) is 2.67. The number of benzene rings is 1. The molecule has 1 aliphatic rings. The third kappa shape index (κ3) is 2.20. The number of rotatable bonds is 3. The number of aryl methyl sites for hydroxylation is 1. The minimum absolute atomic E-state index is 0.141. The first-order valence-corrected chi connectivity index (χ1v) is 7.11. The van der Waals surface area contributed by atoms with E-state index in [2.05, 4.69) is 10.3 Å². The number of ether oxygens (including phenoxy) is 1. The molecule has 0 saturated carbocycles. The van der Waals surface area contributed by atoms with Crippen molar-refractivity contribution in [2.45, 2.75) is 19.8 Å². The predicted molar refractivity (Wildman–Crippen MR) is 79.5 cm³/mol. The number of aromatic amines is 1. The molecule has 2 heterocycles. The van der Waals surface area contributed by atoms with Crippen LogP contribution >= 0.6 is 0 Å². The topological polar surface area (TPSA) is 54.1 Å². The van der Waals surface area contributed by atoms with Crippen molar-refractivity contribution >= 4 is 16.7 Å². The zero-order valence-electron chi connectivity index (χ0n) is 12.0. The molecule has 3 rings (SSSR count). The molecule has 20 heavy (non-hydrogen) atoms. The number of Topliss-reactive ketones (excluding diaryl/α,β-unsaturated/α-hetero) is 1. The van der Waals surface area contributed by atoms with E-state index in [0.717, 1.165) is 53.7 Å². The standard InChI is InChI=1S/C16H20N2O2/c1-10-7-12(20-2)8-13-14(9-18-15(10)13)16(19)11-3-5-17-6-4-11/h7-9,11,17-18H,3-6H2,1-2H3. The van der Waals surface area contributed by atoms with Crippen molar-refractivity contribution in [1.29, 1.82) is 0 Å². The molecule has 1 aromatic carbocycles. The Morgan fingerprint density at radius 2 is 2.05 bits per heavy atom. The molecular weight excluding hydrogens is 252 g/mol. The number of methoxy groups -OCH3 is 1. The van der Waals surface area contributed by atoms with Gasteiger partial charge in [-0.05, 0) is 50.6 Å². The number of hydrogen-bond acceptors (Lipinski definition) is 3. The van der Waals surface area contributed by atoms with Gasteiger partial charge in [0, 0.05) is 28.6 Å².